The van der Waals surface area contributed by atoms with Crippen LogP contribution in [0.5, 0.6) is 11.5 Å². The van der Waals surface area contributed by atoms with Crippen LogP contribution < -0.4 is 9.47 Å². The first-order valence-corrected chi connectivity index (χ1v) is 12.9. The molecule has 0 amide bonds. The van der Waals surface area contributed by atoms with Crippen LogP contribution in [-0.2, 0) is 40.4 Å². The standard InChI is InChI=1S/C28H35NO9/c1-15(30)35-19(25(32)38-26(2,3)4)14-21(31)36-18-9-10-28(33)20-13-16-7-8-17(34-6)23-22(16)27(28,24(18)37-23)11-12-29(20)5/h7-9,19-20,24,33H,10-14H2,1-6H3/t19?,20-,24+,27+,28-/m1/s1. The van der Waals surface area contributed by atoms with Crippen molar-refractivity contribution in [1.29, 1.82) is 0 Å². The van der Waals surface area contributed by atoms with Crippen molar-refractivity contribution in [1.82, 2.24) is 4.90 Å². The zero-order valence-electron chi connectivity index (χ0n) is 22.7. The molecule has 206 valence electrons. The van der Waals surface area contributed by atoms with E-state index in [1.165, 1.54) is 0 Å². The molecule has 5 rings (SSSR count). The number of nitrogens with zero attached hydrogens (tertiary/aromatic N) is 1. The second-order valence-electron chi connectivity index (χ2n) is 11.6. The Balaban J connectivity index is 1.46. The van der Waals surface area contributed by atoms with Gasteiger partial charge in [0, 0.05) is 24.9 Å². The van der Waals surface area contributed by atoms with Gasteiger partial charge in [-0.2, -0.15) is 0 Å². The number of likely N-dealkylation sites (N-methyl/N-ethyl adjacent to an activating group) is 1. The maximum absolute atomic E-state index is 13.1. The molecule has 38 heavy (non-hydrogen) atoms. The number of rotatable bonds is 6. The minimum absolute atomic E-state index is 0.136. The lowest BCUT2D eigenvalue weighted by atomic mass is 9.50. The average Bonchev–Trinajstić information content (AvgIpc) is 3.17. The second kappa shape index (κ2) is 8.98. The number of carbonyl (C=O) groups is 3. The normalized spacial score (nSPS) is 29.8. The van der Waals surface area contributed by atoms with Gasteiger partial charge in [0.15, 0.2) is 17.6 Å². The molecule has 10 heteroatoms. The van der Waals surface area contributed by atoms with E-state index in [-0.39, 0.29) is 18.2 Å². The van der Waals surface area contributed by atoms with Crippen molar-refractivity contribution in [3.8, 4) is 11.5 Å². The Labute approximate surface area is 221 Å². The van der Waals surface area contributed by atoms with Gasteiger partial charge in [-0.1, -0.05) is 6.07 Å². The van der Waals surface area contributed by atoms with Crippen LogP contribution in [0.3, 0.4) is 0 Å². The van der Waals surface area contributed by atoms with Gasteiger partial charge in [-0.15, -0.1) is 0 Å². The molecule has 1 unspecified atom stereocenters. The highest BCUT2D eigenvalue weighted by Crippen LogP contribution is 2.65. The molecule has 10 nitrogen and oxygen atoms in total. The molecule has 4 aliphatic rings. The average molecular weight is 530 g/mol. The number of carbonyl (C=O) groups excluding carboxylic acids is 3. The number of hydrogen-bond donors (Lipinski definition) is 1. The quantitative estimate of drug-likeness (QED) is 0.434. The highest BCUT2D eigenvalue weighted by Gasteiger charge is 2.72. The van der Waals surface area contributed by atoms with Crippen molar-refractivity contribution < 1.29 is 43.2 Å². The number of ether oxygens (including phenoxy) is 5. The predicted molar refractivity (Wildman–Crippen MR) is 134 cm³/mol. The van der Waals surface area contributed by atoms with E-state index in [0.29, 0.717) is 24.3 Å². The van der Waals surface area contributed by atoms with Gasteiger partial charge in [0.25, 0.3) is 0 Å². The third-order valence-corrected chi connectivity index (χ3v) is 8.12. The Morgan fingerprint density at radius 3 is 2.66 bits per heavy atom. The summed E-state index contributed by atoms with van der Waals surface area (Å²) in [6.07, 6.45) is 0.486. The van der Waals surface area contributed by atoms with Crippen molar-refractivity contribution in [3.05, 3.63) is 35.1 Å². The maximum Gasteiger partial charge on any atom is 0.348 e. The largest absolute Gasteiger partial charge is 0.493 e. The van der Waals surface area contributed by atoms with Crippen molar-refractivity contribution >= 4 is 17.9 Å². The fourth-order valence-corrected chi connectivity index (χ4v) is 6.65. The highest BCUT2D eigenvalue weighted by atomic mass is 16.6. The topological polar surface area (TPSA) is 121 Å². The minimum atomic E-state index is -1.45. The third kappa shape index (κ3) is 3.96. The van der Waals surface area contributed by atoms with E-state index in [0.717, 1.165) is 24.6 Å². The summed E-state index contributed by atoms with van der Waals surface area (Å²) in [6, 6.07) is 3.75. The molecular formula is C28H35NO9. The fraction of sp³-hybridized carbons (Fsp3) is 0.607. The zero-order chi connectivity index (χ0) is 27.6. The lowest BCUT2D eigenvalue weighted by Gasteiger charge is -2.61. The van der Waals surface area contributed by atoms with Gasteiger partial charge in [0.05, 0.1) is 24.5 Å². The number of aliphatic hydroxyl groups is 1. The Morgan fingerprint density at radius 2 is 2.00 bits per heavy atom. The van der Waals surface area contributed by atoms with Crippen LogP contribution in [0.2, 0.25) is 0 Å². The van der Waals surface area contributed by atoms with Gasteiger partial charge in [0.1, 0.15) is 11.4 Å². The number of methoxy groups -OCH3 is 1. The number of benzene rings is 1. The van der Waals surface area contributed by atoms with Gasteiger partial charge in [-0.3, -0.25) is 9.59 Å². The summed E-state index contributed by atoms with van der Waals surface area (Å²) in [6.45, 7) is 6.92. The van der Waals surface area contributed by atoms with Crippen molar-refractivity contribution in [3.63, 3.8) is 0 Å². The fourth-order valence-electron chi connectivity index (χ4n) is 6.65. The van der Waals surface area contributed by atoms with Gasteiger partial charge >= 0.3 is 17.9 Å². The summed E-state index contributed by atoms with van der Waals surface area (Å²) < 4.78 is 28.3. The van der Waals surface area contributed by atoms with E-state index in [9.17, 15) is 19.5 Å². The summed E-state index contributed by atoms with van der Waals surface area (Å²) in [5, 5.41) is 12.3. The van der Waals surface area contributed by atoms with E-state index >= 15 is 0 Å². The van der Waals surface area contributed by atoms with Gasteiger partial charge < -0.3 is 33.7 Å². The molecule has 1 spiro atoms. The monoisotopic (exact) mass is 529 g/mol. The van der Waals surface area contributed by atoms with Crippen molar-refractivity contribution in [2.75, 3.05) is 20.7 Å². The minimum Gasteiger partial charge on any atom is -0.493 e. The zero-order valence-corrected chi connectivity index (χ0v) is 22.7. The summed E-state index contributed by atoms with van der Waals surface area (Å²) in [7, 11) is 3.58. The van der Waals surface area contributed by atoms with E-state index < -0.39 is 53.2 Å². The molecule has 1 saturated heterocycles. The first-order valence-electron chi connectivity index (χ1n) is 12.9. The molecule has 1 N–H and O–H groups in total. The Hall–Kier alpha value is -3.11. The molecule has 1 fully saturated rings. The molecule has 1 aromatic carbocycles. The molecular weight excluding hydrogens is 494 g/mol. The van der Waals surface area contributed by atoms with E-state index in [4.69, 9.17) is 23.7 Å². The second-order valence-corrected chi connectivity index (χ2v) is 11.6. The summed E-state index contributed by atoms with van der Waals surface area (Å²) in [4.78, 5) is 39.6. The summed E-state index contributed by atoms with van der Waals surface area (Å²) >= 11 is 0. The predicted octanol–water partition coefficient (Wildman–Crippen LogP) is 2.18. The molecule has 0 radical (unpaired) electrons. The van der Waals surface area contributed by atoms with Crippen molar-refractivity contribution in [2.24, 2.45) is 0 Å². The van der Waals surface area contributed by atoms with E-state index in [1.807, 2.05) is 19.2 Å². The number of esters is 3. The number of hydrogen-bond acceptors (Lipinski definition) is 10. The summed E-state index contributed by atoms with van der Waals surface area (Å²) in [5.41, 5.74) is -0.797. The molecule has 1 aromatic rings. The van der Waals surface area contributed by atoms with Crippen LogP contribution in [0.25, 0.3) is 0 Å². The van der Waals surface area contributed by atoms with Crippen LogP contribution in [0.1, 0.15) is 58.1 Å². The molecule has 2 aliphatic heterocycles. The van der Waals surface area contributed by atoms with Crippen LogP contribution >= 0.6 is 0 Å². The number of piperidine rings is 1. The lowest BCUT2D eigenvalue weighted by Crippen LogP contribution is -2.74. The molecule has 2 heterocycles. The maximum atomic E-state index is 13.1. The smallest absolute Gasteiger partial charge is 0.348 e. The van der Waals surface area contributed by atoms with Crippen molar-refractivity contribution in [2.45, 2.75) is 88.2 Å². The number of likely N-dealkylation sites (tertiary alicyclic amines) is 1. The van der Waals surface area contributed by atoms with E-state index in [1.54, 1.807) is 34.0 Å². The molecule has 2 aliphatic carbocycles. The lowest BCUT2D eigenvalue weighted by molar-refractivity contribution is -0.179. The summed E-state index contributed by atoms with van der Waals surface area (Å²) in [5.74, 6) is -0.950. The van der Waals surface area contributed by atoms with Crippen LogP contribution in [0, 0.1) is 0 Å². The molecule has 0 aromatic heterocycles. The Kier molecular flexibility index (Phi) is 6.26. The first-order chi connectivity index (χ1) is 17.8. The van der Waals surface area contributed by atoms with Crippen LogP contribution in [0.4, 0.5) is 0 Å². The van der Waals surface area contributed by atoms with Gasteiger partial charge in [0.2, 0.25) is 6.10 Å². The van der Waals surface area contributed by atoms with Gasteiger partial charge in [-0.05, 0) is 64.9 Å². The first kappa shape index (κ1) is 26.5. The SMILES string of the molecule is COc1ccc2c3c1O[C@H]1C(OC(=O)CC(OC(C)=O)C(=O)OC(C)(C)C)=CC[C@@]4(O)[C@@H](C2)N(C)CC[C@]314. The molecule has 5 atom stereocenters. The van der Waals surface area contributed by atoms with Crippen LogP contribution in [0.15, 0.2) is 24.0 Å². The Bertz CT molecular complexity index is 1220. The van der Waals surface area contributed by atoms with Crippen LogP contribution in [-0.4, -0.2) is 78.1 Å². The third-order valence-electron chi connectivity index (χ3n) is 8.12. The highest BCUT2D eigenvalue weighted by molar-refractivity contribution is 5.84. The molecule has 2 bridgehead atoms. The van der Waals surface area contributed by atoms with E-state index in [2.05, 4.69) is 4.90 Å². The van der Waals surface area contributed by atoms with Gasteiger partial charge in [-0.25, -0.2) is 4.79 Å². The molecule has 0 saturated carbocycles. The Morgan fingerprint density at radius 1 is 1.26 bits per heavy atom.